The van der Waals surface area contributed by atoms with Crippen LogP contribution in [0.5, 0.6) is 0 Å². The number of nitrogens with zero attached hydrogens (tertiary/aromatic N) is 3. The van der Waals surface area contributed by atoms with Gasteiger partial charge in [-0.3, -0.25) is 24.7 Å². The molecule has 4 amide bonds. The largest absolute Gasteiger partial charge is 0.378 e. The summed E-state index contributed by atoms with van der Waals surface area (Å²) >= 11 is 0. The van der Waals surface area contributed by atoms with E-state index in [0.29, 0.717) is 52.5 Å². The van der Waals surface area contributed by atoms with Crippen molar-refractivity contribution in [3.8, 4) is 0 Å². The van der Waals surface area contributed by atoms with Crippen molar-refractivity contribution in [1.29, 1.82) is 0 Å². The van der Waals surface area contributed by atoms with Gasteiger partial charge in [0.15, 0.2) is 0 Å². The van der Waals surface area contributed by atoms with Gasteiger partial charge in [0.1, 0.15) is 0 Å². The lowest BCUT2D eigenvalue weighted by Gasteiger charge is -2.35. The summed E-state index contributed by atoms with van der Waals surface area (Å²) in [5.74, 6) is -0.159. The van der Waals surface area contributed by atoms with Crippen LogP contribution < -0.4 is 10.6 Å². The molecule has 0 spiro atoms. The minimum absolute atomic E-state index is 0.141. The first-order chi connectivity index (χ1) is 12.1. The molecule has 2 aliphatic rings. The third kappa shape index (κ3) is 6.97. The number of urea groups is 1. The summed E-state index contributed by atoms with van der Waals surface area (Å²) in [4.78, 5) is 41.5. The lowest BCUT2D eigenvalue weighted by molar-refractivity contribution is -0.137. The second-order valence-electron chi connectivity index (χ2n) is 6.35. The molecule has 2 saturated heterocycles. The SMILES string of the molecule is CCCNC(=O)NC(=O)CN1CCN(CC(=O)N2CCOCC2)CC1. The number of carbonyl (C=O) groups is 3. The molecule has 0 atom stereocenters. The molecule has 0 radical (unpaired) electrons. The Morgan fingerprint density at radius 2 is 1.52 bits per heavy atom. The molecule has 0 saturated carbocycles. The smallest absolute Gasteiger partial charge is 0.321 e. The van der Waals surface area contributed by atoms with Crippen LogP contribution in [0.3, 0.4) is 0 Å². The first kappa shape index (κ1) is 19.6. The molecule has 2 rings (SSSR count). The maximum absolute atomic E-state index is 12.2. The van der Waals surface area contributed by atoms with Gasteiger partial charge in [0.25, 0.3) is 0 Å². The van der Waals surface area contributed by atoms with Gasteiger partial charge in [-0.25, -0.2) is 4.79 Å². The lowest BCUT2D eigenvalue weighted by atomic mass is 10.3. The van der Waals surface area contributed by atoms with Crippen LogP contribution in [0.2, 0.25) is 0 Å². The van der Waals surface area contributed by atoms with Crippen molar-refractivity contribution in [2.75, 3.05) is 72.1 Å². The highest BCUT2D eigenvalue weighted by atomic mass is 16.5. The van der Waals surface area contributed by atoms with E-state index in [4.69, 9.17) is 4.74 Å². The van der Waals surface area contributed by atoms with Gasteiger partial charge in [0.2, 0.25) is 11.8 Å². The van der Waals surface area contributed by atoms with Crippen LogP contribution in [-0.2, 0) is 14.3 Å². The summed E-state index contributed by atoms with van der Waals surface area (Å²) in [6, 6.07) is -0.443. The molecular formula is C16H29N5O4. The van der Waals surface area contributed by atoms with Gasteiger partial charge in [0, 0.05) is 45.8 Å². The average molecular weight is 355 g/mol. The number of carbonyl (C=O) groups excluding carboxylic acids is 3. The number of ether oxygens (including phenoxy) is 1. The highest BCUT2D eigenvalue weighted by Gasteiger charge is 2.24. The predicted molar refractivity (Wildman–Crippen MR) is 92.1 cm³/mol. The molecule has 0 aliphatic carbocycles. The number of hydrogen-bond acceptors (Lipinski definition) is 6. The number of rotatable bonds is 6. The van der Waals surface area contributed by atoms with Gasteiger partial charge in [0.05, 0.1) is 26.3 Å². The third-order valence-corrected chi connectivity index (χ3v) is 4.34. The van der Waals surface area contributed by atoms with Crippen molar-refractivity contribution < 1.29 is 19.1 Å². The summed E-state index contributed by atoms with van der Waals surface area (Å²) in [6.07, 6.45) is 0.826. The quantitative estimate of drug-likeness (QED) is 0.615. The number of piperazine rings is 1. The van der Waals surface area contributed by atoms with E-state index in [2.05, 4.69) is 15.5 Å². The summed E-state index contributed by atoms with van der Waals surface area (Å²) in [7, 11) is 0. The Morgan fingerprint density at radius 1 is 0.920 bits per heavy atom. The number of hydrogen-bond donors (Lipinski definition) is 2. The molecule has 9 nitrogen and oxygen atoms in total. The molecule has 2 aliphatic heterocycles. The summed E-state index contributed by atoms with van der Waals surface area (Å²) < 4.78 is 5.26. The fourth-order valence-corrected chi connectivity index (χ4v) is 2.86. The molecule has 2 N–H and O–H groups in total. The minimum atomic E-state index is -0.443. The van der Waals surface area contributed by atoms with E-state index in [1.54, 1.807) is 0 Å². The van der Waals surface area contributed by atoms with Crippen molar-refractivity contribution in [1.82, 2.24) is 25.3 Å². The van der Waals surface area contributed by atoms with E-state index < -0.39 is 6.03 Å². The molecule has 2 fully saturated rings. The van der Waals surface area contributed by atoms with Gasteiger partial charge in [-0.15, -0.1) is 0 Å². The molecule has 142 valence electrons. The lowest BCUT2D eigenvalue weighted by Crippen LogP contribution is -2.53. The Hall–Kier alpha value is -1.71. The van der Waals surface area contributed by atoms with E-state index in [-0.39, 0.29) is 18.4 Å². The van der Waals surface area contributed by atoms with Gasteiger partial charge in [-0.1, -0.05) is 6.92 Å². The van der Waals surface area contributed by atoms with E-state index in [1.807, 2.05) is 16.7 Å². The molecule has 0 aromatic rings. The topological polar surface area (TPSA) is 94.2 Å². The highest BCUT2D eigenvalue weighted by Crippen LogP contribution is 2.04. The maximum Gasteiger partial charge on any atom is 0.321 e. The first-order valence-electron chi connectivity index (χ1n) is 8.96. The van der Waals surface area contributed by atoms with Crippen LogP contribution in [-0.4, -0.2) is 105 Å². The zero-order valence-electron chi connectivity index (χ0n) is 15.0. The Kier molecular flexibility index (Phi) is 8.10. The molecule has 9 heteroatoms. The van der Waals surface area contributed by atoms with Gasteiger partial charge < -0.3 is 15.0 Å². The highest BCUT2D eigenvalue weighted by molar-refractivity contribution is 5.95. The predicted octanol–water partition coefficient (Wildman–Crippen LogP) is -1.30. The third-order valence-electron chi connectivity index (χ3n) is 4.34. The molecule has 0 aromatic heterocycles. The number of nitrogens with one attached hydrogen (secondary N) is 2. The number of morpholine rings is 1. The van der Waals surface area contributed by atoms with Crippen LogP contribution in [0.1, 0.15) is 13.3 Å². The standard InChI is InChI=1S/C16H29N5O4/c1-2-3-17-16(24)18-14(22)12-19-4-6-20(7-5-19)13-15(23)21-8-10-25-11-9-21/h2-13H2,1H3,(H2,17,18,22,24). The van der Waals surface area contributed by atoms with E-state index in [0.717, 1.165) is 19.5 Å². The first-order valence-corrected chi connectivity index (χ1v) is 8.96. The Bertz CT molecular complexity index is 459. The summed E-state index contributed by atoms with van der Waals surface area (Å²) in [6.45, 7) is 8.57. The number of imide groups is 1. The maximum atomic E-state index is 12.2. The monoisotopic (exact) mass is 355 g/mol. The van der Waals surface area contributed by atoms with Crippen molar-refractivity contribution >= 4 is 17.8 Å². The van der Waals surface area contributed by atoms with Crippen LogP contribution in [0, 0.1) is 0 Å². The summed E-state index contributed by atoms with van der Waals surface area (Å²) in [5, 5.41) is 4.94. The average Bonchev–Trinajstić information content (AvgIpc) is 2.62. The van der Waals surface area contributed by atoms with Gasteiger partial charge in [-0.05, 0) is 6.42 Å². The number of amides is 4. The summed E-state index contributed by atoms with van der Waals surface area (Å²) in [5.41, 5.74) is 0. The zero-order chi connectivity index (χ0) is 18.1. The van der Waals surface area contributed by atoms with Crippen molar-refractivity contribution in [3.05, 3.63) is 0 Å². The Morgan fingerprint density at radius 3 is 2.12 bits per heavy atom. The fraction of sp³-hybridized carbons (Fsp3) is 0.812. The minimum Gasteiger partial charge on any atom is -0.378 e. The van der Waals surface area contributed by atoms with Gasteiger partial charge >= 0.3 is 6.03 Å². The van der Waals surface area contributed by atoms with Gasteiger partial charge in [-0.2, -0.15) is 0 Å². The Labute approximate surface area is 148 Å². The second kappa shape index (κ2) is 10.3. The van der Waals surface area contributed by atoms with E-state index in [9.17, 15) is 14.4 Å². The second-order valence-corrected chi connectivity index (χ2v) is 6.35. The van der Waals surface area contributed by atoms with E-state index >= 15 is 0 Å². The van der Waals surface area contributed by atoms with Crippen LogP contribution in [0.25, 0.3) is 0 Å². The Balaban J connectivity index is 1.63. The molecule has 0 bridgehead atoms. The van der Waals surface area contributed by atoms with E-state index in [1.165, 1.54) is 0 Å². The van der Waals surface area contributed by atoms with Crippen LogP contribution in [0.4, 0.5) is 4.79 Å². The normalized spacial score (nSPS) is 19.5. The fourth-order valence-electron chi connectivity index (χ4n) is 2.86. The van der Waals surface area contributed by atoms with Crippen LogP contribution in [0.15, 0.2) is 0 Å². The molecule has 0 unspecified atom stereocenters. The molecule has 2 heterocycles. The molecule has 0 aromatic carbocycles. The van der Waals surface area contributed by atoms with Crippen molar-refractivity contribution in [3.63, 3.8) is 0 Å². The molecular weight excluding hydrogens is 326 g/mol. The molecule has 25 heavy (non-hydrogen) atoms. The van der Waals surface area contributed by atoms with Crippen molar-refractivity contribution in [2.24, 2.45) is 0 Å². The van der Waals surface area contributed by atoms with Crippen molar-refractivity contribution in [2.45, 2.75) is 13.3 Å². The van der Waals surface area contributed by atoms with Crippen LogP contribution >= 0.6 is 0 Å². The zero-order valence-corrected chi connectivity index (χ0v) is 15.0.